The first-order valence-corrected chi connectivity index (χ1v) is 6.57. The number of nitrogens with two attached hydrogens (primary N) is 4. The van der Waals surface area contributed by atoms with Crippen LogP contribution in [0.4, 0.5) is 0 Å². The molecular weight excluding hydrogens is 312 g/mol. The molecule has 23 heavy (non-hydrogen) atoms. The first-order chi connectivity index (χ1) is 10.4. The van der Waals surface area contributed by atoms with E-state index in [-0.39, 0.29) is 6.61 Å². The van der Waals surface area contributed by atoms with Gasteiger partial charge in [0.25, 0.3) is 0 Å². The monoisotopic (exact) mass is 336 g/mol. The van der Waals surface area contributed by atoms with Crippen molar-refractivity contribution in [2.45, 2.75) is 44.9 Å². The summed E-state index contributed by atoms with van der Waals surface area (Å²) in [5.74, 6) is -3.39. The fourth-order valence-corrected chi connectivity index (χ4v) is 0.660. The molecule has 11 heteroatoms. The van der Waals surface area contributed by atoms with E-state index >= 15 is 0 Å². The van der Waals surface area contributed by atoms with E-state index in [1.165, 1.54) is 20.8 Å². The van der Waals surface area contributed by atoms with E-state index in [1.807, 2.05) is 0 Å². The average Bonchev–Trinajstić information content (AvgIpc) is 2.44. The van der Waals surface area contributed by atoms with Crippen molar-refractivity contribution < 1.29 is 33.8 Å². The molecule has 0 saturated carbocycles. The van der Waals surface area contributed by atoms with Gasteiger partial charge in [0.2, 0.25) is 0 Å². The summed E-state index contributed by atoms with van der Waals surface area (Å²) in [5.41, 5.74) is 20.4. The number of carboxylic acid groups (broad SMARTS) is 1. The molecule has 0 radical (unpaired) electrons. The maximum Gasteiger partial charge on any atom is 0.330 e. The molecule has 0 amide bonds. The van der Waals surface area contributed by atoms with Crippen molar-refractivity contribution in [3.05, 3.63) is 0 Å². The van der Waals surface area contributed by atoms with E-state index in [1.54, 1.807) is 0 Å². The lowest BCUT2D eigenvalue weighted by atomic mass is 10.3. The standard InChI is InChI=1S/C6H12N2O4.C6H12N2O3/c1-3(7)6(11)12-2-4(8)5(9)10;1-3(7)5(9)11-6(10)4(2)8/h3-4H,2,7-8H2,1H3,(H,9,10);3-4H,7-8H2,1-2H3/t2*3-,4-/m00/s1. The topological polar surface area (TPSA) is 211 Å². The van der Waals surface area contributed by atoms with Crippen LogP contribution in [0.5, 0.6) is 0 Å². The summed E-state index contributed by atoms with van der Waals surface area (Å²) in [7, 11) is 0. The minimum Gasteiger partial charge on any atom is -0.480 e. The van der Waals surface area contributed by atoms with Crippen LogP contribution < -0.4 is 22.9 Å². The smallest absolute Gasteiger partial charge is 0.330 e. The lowest BCUT2D eigenvalue weighted by Gasteiger charge is -2.09. The van der Waals surface area contributed by atoms with Crippen LogP contribution >= 0.6 is 0 Å². The molecule has 0 aliphatic heterocycles. The van der Waals surface area contributed by atoms with Crippen molar-refractivity contribution in [2.24, 2.45) is 22.9 Å². The van der Waals surface area contributed by atoms with E-state index in [0.29, 0.717) is 0 Å². The summed E-state index contributed by atoms with van der Waals surface area (Å²) in [5, 5.41) is 8.29. The minimum atomic E-state index is -1.22. The largest absolute Gasteiger partial charge is 0.480 e. The molecule has 9 N–H and O–H groups in total. The van der Waals surface area contributed by atoms with Crippen LogP contribution in [0.1, 0.15) is 20.8 Å². The van der Waals surface area contributed by atoms with Crippen LogP contribution in [-0.4, -0.2) is 59.8 Å². The third-order valence-electron chi connectivity index (χ3n) is 2.04. The molecule has 0 aliphatic carbocycles. The number of aliphatic carboxylic acids is 1. The zero-order valence-corrected chi connectivity index (χ0v) is 13.2. The number of hydrogen-bond donors (Lipinski definition) is 5. The zero-order valence-electron chi connectivity index (χ0n) is 13.2. The zero-order chi connectivity index (χ0) is 18.7. The molecule has 0 aromatic rings. The Morgan fingerprint density at radius 1 is 0.826 bits per heavy atom. The van der Waals surface area contributed by atoms with Crippen molar-refractivity contribution in [3.63, 3.8) is 0 Å². The lowest BCUT2D eigenvalue weighted by Crippen LogP contribution is -2.38. The van der Waals surface area contributed by atoms with Crippen molar-refractivity contribution in [2.75, 3.05) is 6.61 Å². The first kappa shape index (κ1) is 23.2. The molecular formula is C12H24N4O7. The van der Waals surface area contributed by atoms with E-state index in [0.717, 1.165) is 0 Å². The molecule has 0 aromatic heterocycles. The minimum absolute atomic E-state index is 0.351. The molecule has 0 unspecified atom stereocenters. The molecule has 0 spiro atoms. The Bertz CT molecular complexity index is 406. The van der Waals surface area contributed by atoms with Gasteiger partial charge >= 0.3 is 23.9 Å². The second kappa shape index (κ2) is 11.5. The molecule has 0 aromatic carbocycles. The number of hydrogen-bond acceptors (Lipinski definition) is 10. The molecule has 0 bridgehead atoms. The summed E-state index contributed by atoms with van der Waals surface area (Å²) in [6.45, 7) is 3.94. The Morgan fingerprint density at radius 3 is 1.43 bits per heavy atom. The maximum atomic E-state index is 10.7. The molecule has 11 nitrogen and oxygen atoms in total. The Balaban J connectivity index is 0. The predicted molar refractivity (Wildman–Crippen MR) is 78.6 cm³/mol. The van der Waals surface area contributed by atoms with Crippen LogP contribution in [0.25, 0.3) is 0 Å². The third-order valence-corrected chi connectivity index (χ3v) is 2.04. The van der Waals surface area contributed by atoms with Crippen LogP contribution in [0.2, 0.25) is 0 Å². The quantitative estimate of drug-likeness (QED) is 0.244. The van der Waals surface area contributed by atoms with E-state index in [9.17, 15) is 19.2 Å². The second-order valence-electron chi connectivity index (χ2n) is 4.68. The highest BCUT2D eigenvalue weighted by molar-refractivity contribution is 5.90. The van der Waals surface area contributed by atoms with Crippen LogP contribution in [0, 0.1) is 0 Å². The van der Waals surface area contributed by atoms with Crippen molar-refractivity contribution in [1.29, 1.82) is 0 Å². The van der Waals surface area contributed by atoms with Crippen LogP contribution in [-0.2, 0) is 28.7 Å². The van der Waals surface area contributed by atoms with Gasteiger partial charge in [0.05, 0.1) is 0 Å². The Morgan fingerprint density at radius 2 is 1.17 bits per heavy atom. The van der Waals surface area contributed by atoms with Gasteiger partial charge in [0.1, 0.15) is 30.8 Å². The van der Waals surface area contributed by atoms with E-state index in [4.69, 9.17) is 28.0 Å². The molecule has 0 heterocycles. The van der Waals surface area contributed by atoms with Gasteiger partial charge in [-0.3, -0.25) is 9.59 Å². The molecule has 0 aliphatic rings. The van der Waals surface area contributed by atoms with Crippen LogP contribution in [0.3, 0.4) is 0 Å². The number of carbonyl (C=O) groups excluding carboxylic acids is 3. The van der Waals surface area contributed by atoms with Gasteiger partial charge in [-0.1, -0.05) is 0 Å². The third kappa shape index (κ3) is 12.2. The van der Waals surface area contributed by atoms with Crippen LogP contribution in [0.15, 0.2) is 0 Å². The van der Waals surface area contributed by atoms with E-state index in [2.05, 4.69) is 9.47 Å². The highest BCUT2D eigenvalue weighted by Crippen LogP contribution is 1.88. The second-order valence-corrected chi connectivity index (χ2v) is 4.68. The molecule has 0 saturated heterocycles. The fraction of sp³-hybridized carbons (Fsp3) is 0.667. The Hall–Kier alpha value is -2.08. The molecule has 0 fully saturated rings. The summed E-state index contributed by atoms with van der Waals surface area (Å²) in [6.07, 6.45) is 0. The fourth-order valence-electron chi connectivity index (χ4n) is 0.660. The molecule has 134 valence electrons. The normalized spacial score (nSPS) is 15.1. The first-order valence-electron chi connectivity index (χ1n) is 6.57. The summed E-state index contributed by atoms with van der Waals surface area (Å²) in [4.78, 5) is 42.1. The highest BCUT2D eigenvalue weighted by atomic mass is 16.6. The van der Waals surface area contributed by atoms with Gasteiger partial charge in [-0.05, 0) is 20.8 Å². The Kier molecular flexibility index (Phi) is 11.6. The molecule has 4 atom stereocenters. The highest BCUT2D eigenvalue weighted by Gasteiger charge is 2.17. The van der Waals surface area contributed by atoms with Gasteiger partial charge < -0.3 is 37.5 Å². The number of carbonyl (C=O) groups is 4. The van der Waals surface area contributed by atoms with Gasteiger partial charge in [0.15, 0.2) is 0 Å². The predicted octanol–water partition coefficient (Wildman–Crippen LogP) is -2.96. The molecule has 0 rings (SSSR count). The Labute approximate surface area is 133 Å². The average molecular weight is 336 g/mol. The summed E-state index contributed by atoms with van der Waals surface area (Å²) < 4.78 is 8.70. The van der Waals surface area contributed by atoms with Gasteiger partial charge in [-0.2, -0.15) is 0 Å². The van der Waals surface area contributed by atoms with Gasteiger partial charge in [-0.25, -0.2) is 9.59 Å². The van der Waals surface area contributed by atoms with Crippen molar-refractivity contribution in [3.8, 4) is 0 Å². The number of esters is 3. The number of carboxylic acids is 1. The van der Waals surface area contributed by atoms with E-state index < -0.39 is 48.0 Å². The van der Waals surface area contributed by atoms with Crippen molar-refractivity contribution in [1.82, 2.24) is 0 Å². The summed E-state index contributed by atoms with van der Waals surface area (Å²) in [6, 6.07) is -3.53. The summed E-state index contributed by atoms with van der Waals surface area (Å²) >= 11 is 0. The number of rotatable bonds is 6. The van der Waals surface area contributed by atoms with Gasteiger partial charge in [0, 0.05) is 0 Å². The SMILES string of the molecule is C[C@H](N)C(=O)OC(=O)[C@H](C)N.C[C@H](N)C(=O)OC[C@H](N)C(=O)O. The maximum absolute atomic E-state index is 10.7. The lowest BCUT2D eigenvalue weighted by molar-refractivity contribution is -0.161. The van der Waals surface area contributed by atoms with Gasteiger partial charge in [-0.15, -0.1) is 0 Å². The number of ether oxygens (including phenoxy) is 2. The van der Waals surface area contributed by atoms with Crippen molar-refractivity contribution >= 4 is 23.9 Å².